The lowest BCUT2D eigenvalue weighted by Crippen LogP contribution is -1.89. The second kappa shape index (κ2) is 22.7. The van der Waals surface area contributed by atoms with Gasteiger partial charge in [0.25, 0.3) is 0 Å². The molecule has 0 bridgehead atoms. The summed E-state index contributed by atoms with van der Waals surface area (Å²) in [6, 6.07) is 0. The van der Waals surface area contributed by atoms with Gasteiger partial charge in [-0.15, -0.1) is 0 Å². The average molecular weight is 188 g/mol. The van der Waals surface area contributed by atoms with Gasteiger partial charge in [0.15, 0.2) is 0 Å². The van der Waals surface area contributed by atoms with Crippen LogP contribution in [0.3, 0.4) is 0 Å². The van der Waals surface area contributed by atoms with Crippen molar-refractivity contribution in [2.45, 2.75) is 80.6 Å². The Labute approximate surface area is 87.1 Å². The van der Waals surface area contributed by atoms with Crippen molar-refractivity contribution >= 4 is 0 Å². The molecule has 0 spiro atoms. The quantitative estimate of drug-likeness (QED) is 0.533. The minimum Gasteiger partial charge on any atom is -0.0683 e. The van der Waals surface area contributed by atoms with Gasteiger partial charge in [0, 0.05) is 0 Å². The maximum Gasteiger partial charge on any atom is -0.0445 e. The van der Waals surface area contributed by atoms with E-state index in [1.165, 1.54) is 32.1 Å². The standard InChI is InChI=1S/C8H18.C3H8.C2H6/c1-4-6-7-8(3)5-2;1-3-2;1-2/h8H,4-7H2,1-3H3;3H2,1-2H3;1-2H3. The van der Waals surface area contributed by atoms with Gasteiger partial charge >= 0.3 is 0 Å². The van der Waals surface area contributed by atoms with Crippen LogP contribution in [0.15, 0.2) is 0 Å². The monoisotopic (exact) mass is 188 g/mol. The second-order valence-corrected chi connectivity index (χ2v) is 3.36. The molecule has 0 amide bonds. The lowest BCUT2D eigenvalue weighted by Gasteiger charge is -2.04. The van der Waals surface area contributed by atoms with Crippen molar-refractivity contribution in [3.8, 4) is 0 Å². The maximum atomic E-state index is 2.33. The first-order valence-corrected chi connectivity index (χ1v) is 6.22. The van der Waals surface area contributed by atoms with E-state index in [-0.39, 0.29) is 0 Å². The van der Waals surface area contributed by atoms with Crippen LogP contribution in [0.5, 0.6) is 0 Å². The number of hydrogen-bond donors (Lipinski definition) is 0. The molecule has 0 aliphatic heterocycles. The van der Waals surface area contributed by atoms with Crippen molar-refractivity contribution < 1.29 is 0 Å². The van der Waals surface area contributed by atoms with Crippen molar-refractivity contribution in [3.63, 3.8) is 0 Å². The van der Waals surface area contributed by atoms with Gasteiger partial charge in [-0.1, -0.05) is 80.6 Å². The van der Waals surface area contributed by atoms with Crippen molar-refractivity contribution in [1.29, 1.82) is 0 Å². The highest BCUT2D eigenvalue weighted by atomic mass is 14.0. The lowest BCUT2D eigenvalue weighted by atomic mass is 10.0. The van der Waals surface area contributed by atoms with Crippen molar-refractivity contribution in [1.82, 2.24) is 0 Å². The smallest absolute Gasteiger partial charge is 0.0445 e. The predicted octanol–water partition coefficient (Wildman–Crippen LogP) is 5.67. The minimum atomic E-state index is 0.954. The summed E-state index contributed by atoms with van der Waals surface area (Å²) in [7, 11) is 0. The average Bonchev–Trinajstić information content (AvgIpc) is 2.18. The van der Waals surface area contributed by atoms with E-state index in [4.69, 9.17) is 0 Å². The van der Waals surface area contributed by atoms with Gasteiger partial charge in [-0.05, 0) is 5.92 Å². The van der Waals surface area contributed by atoms with Crippen molar-refractivity contribution in [2.75, 3.05) is 0 Å². The van der Waals surface area contributed by atoms with E-state index >= 15 is 0 Å². The largest absolute Gasteiger partial charge is 0.0683 e. The van der Waals surface area contributed by atoms with Gasteiger partial charge < -0.3 is 0 Å². The molecule has 0 radical (unpaired) electrons. The van der Waals surface area contributed by atoms with Gasteiger partial charge in [0.05, 0.1) is 0 Å². The highest BCUT2D eigenvalue weighted by Gasteiger charge is 1.94. The molecule has 0 fully saturated rings. The van der Waals surface area contributed by atoms with Crippen molar-refractivity contribution in [3.05, 3.63) is 0 Å². The molecule has 0 aromatic carbocycles. The molecule has 1 atom stereocenters. The lowest BCUT2D eigenvalue weighted by molar-refractivity contribution is 0.492. The Bertz CT molecular complexity index is 48.0. The van der Waals surface area contributed by atoms with Gasteiger partial charge in [0.1, 0.15) is 0 Å². The zero-order valence-electron chi connectivity index (χ0n) is 11.1. The Morgan fingerprint density at radius 2 is 1.31 bits per heavy atom. The predicted molar refractivity (Wildman–Crippen MR) is 66.3 cm³/mol. The molecule has 0 aliphatic carbocycles. The fourth-order valence-corrected chi connectivity index (χ4v) is 0.757. The summed E-state index contributed by atoms with van der Waals surface area (Å²) in [5.74, 6) is 0.954. The van der Waals surface area contributed by atoms with E-state index in [0.29, 0.717) is 0 Å². The Balaban J connectivity index is -0.000000169. The molecular formula is C13H32. The Hall–Kier alpha value is 0. The topological polar surface area (TPSA) is 0 Å². The SMILES string of the molecule is CC.CCC.CCCCC(C)CC. The molecule has 84 valence electrons. The van der Waals surface area contributed by atoms with Crippen LogP contribution in [0.25, 0.3) is 0 Å². The molecule has 0 heterocycles. The summed E-state index contributed by atoms with van der Waals surface area (Å²) in [4.78, 5) is 0. The Morgan fingerprint density at radius 1 is 0.923 bits per heavy atom. The second-order valence-electron chi connectivity index (χ2n) is 3.36. The van der Waals surface area contributed by atoms with E-state index in [0.717, 1.165) is 5.92 Å². The zero-order valence-corrected chi connectivity index (χ0v) is 11.1. The Kier molecular flexibility index (Phi) is 32.7. The zero-order chi connectivity index (χ0) is 11.1. The molecule has 0 N–H and O–H groups in total. The van der Waals surface area contributed by atoms with Gasteiger partial charge in [-0.3, -0.25) is 0 Å². The number of rotatable bonds is 4. The molecule has 0 aliphatic rings. The minimum absolute atomic E-state index is 0.954. The highest BCUT2D eigenvalue weighted by Crippen LogP contribution is 2.09. The fraction of sp³-hybridized carbons (Fsp3) is 1.00. The normalized spacial score (nSPS) is 10.4. The molecule has 1 unspecified atom stereocenters. The first-order chi connectivity index (χ1) is 6.22. The van der Waals surface area contributed by atoms with Gasteiger partial charge in [-0.2, -0.15) is 0 Å². The van der Waals surface area contributed by atoms with Crippen LogP contribution in [0.4, 0.5) is 0 Å². The molecule has 0 saturated carbocycles. The van der Waals surface area contributed by atoms with Crippen LogP contribution in [-0.2, 0) is 0 Å². The summed E-state index contributed by atoms with van der Waals surface area (Å²) in [6.07, 6.45) is 6.78. The molecule has 0 heteroatoms. The van der Waals surface area contributed by atoms with Crippen LogP contribution in [0.1, 0.15) is 80.6 Å². The van der Waals surface area contributed by atoms with Crippen molar-refractivity contribution in [2.24, 2.45) is 5.92 Å². The maximum absolute atomic E-state index is 2.33. The van der Waals surface area contributed by atoms with Crippen LogP contribution in [0.2, 0.25) is 0 Å². The van der Waals surface area contributed by atoms with E-state index in [1.807, 2.05) is 13.8 Å². The first kappa shape index (κ1) is 18.7. The summed E-state index contributed by atoms with van der Waals surface area (Å²) in [6.45, 7) is 15.1. The van der Waals surface area contributed by atoms with Gasteiger partial charge in [0.2, 0.25) is 0 Å². The fourth-order valence-electron chi connectivity index (χ4n) is 0.757. The molecule has 0 aromatic rings. The highest BCUT2D eigenvalue weighted by molar-refractivity contribution is 4.47. The molecule has 0 rings (SSSR count). The first-order valence-electron chi connectivity index (χ1n) is 6.22. The van der Waals surface area contributed by atoms with E-state index in [2.05, 4.69) is 34.6 Å². The van der Waals surface area contributed by atoms with Crippen LogP contribution in [0, 0.1) is 5.92 Å². The third-order valence-electron chi connectivity index (χ3n) is 1.75. The third kappa shape index (κ3) is 33.3. The summed E-state index contributed by atoms with van der Waals surface area (Å²) in [5, 5.41) is 0. The van der Waals surface area contributed by atoms with Gasteiger partial charge in [-0.25, -0.2) is 0 Å². The van der Waals surface area contributed by atoms with E-state index < -0.39 is 0 Å². The summed E-state index contributed by atoms with van der Waals surface area (Å²) < 4.78 is 0. The van der Waals surface area contributed by atoms with Crippen LogP contribution >= 0.6 is 0 Å². The molecule has 0 nitrogen and oxygen atoms in total. The van der Waals surface area contributed by atoms with E-state index in [9.17, 15) is 0 Å². The molecule has 13 heavy (non-hydrogen) atoms. The number of unbranched alkanes of at least 4 members (excludes halogenated alkanes) is 1. The molecule has 0 aromatic heterocycles. The van der Waals surface area contributed by atoms with Crippen LogP contribution < -0.4 is 0 Å². The van der Waals surface area contributed by atoms with E-state index in [1.54, 1.807) is 0 Å². The van der Waals surface area contributed by atoms with Crippen LogP contribution in [-0.4, -0.2) is 0 Å². The Morgan fingerprint density at radius 3 is 1.54 bits per heavy atom. The summed E-state index contributed by atoms with van der Waals surface area (Å²) >= 11 is 0. The molecule has 0 saturated heterocycles. The third-order valence-corrected chi connectivity index (χ3v) is 1.75. The number of hydrogen-bond acceptors (Lipinski definition) is 0. The summed E-state index contributed by atoms with van der Waals surface area (Å²) in [5.41, 5.74) is 0. The molecular weight excluding hydrogens is 156 g/mol.